The molecule has 0 spiro atoms. The number of carboxylic acids is 5. The van der Waals surface area contributed by atoms with Crippen LogP contribution in [0, 0.1) is 5.92 Å². The van der Waals surface area contributed by atoms with Crippen LogP contribution in [-0.2, 0) is 30.4 Å². The Labute approximate surface area is 312 Å². The maximum absolute atomic E-state index is 10.6. The van der Waals surface area contributed by atoms with Crippen molar-refractivity contribution in [3.8, 4) is 0 Å². The van der Waals surface area contributed by atoms with Crippen LogP contribution in [0.3, 0.4) is 0 Å². The van der Waals surface area contributed by atoms with Crippen LogP contribution in [0.1, 0.15) is 84.1 Å². The van der Waals surface area contributed by atoms with E-state index in [0.29, 0.717) is 57.5 Å². The molecule has 53 heavy (non-hydrogen) atoms. The molecule has 0 radical (unpaired) electrons. The summed E-state index contributed by atoms with van der Waals surface area (Å²) in [4.78, 5) is 51.0. The topological polar surface area (TPSA) is 369 Å². The smallest absolute Gasteiger partial charge is 0.320 e. The zero-order valence-electron chi connectivity index (χ0n) is 31.3. The van der Waals surface area contributed by atoms with Crippen molar-refractivity contribution in [2.24, 2.45) is 46.1 Å². The number of hydrogen-bond acceptors (Lipinski definition) is 12. The molecule has 0 fully saturated rings. The first-order valence-electron chi connectivity index (χ1n) is 17.5. The van der Waals surface area contributed by atoms with E-state index in [-0.39, 0.29) is 0 Å². The van der Waals surface area contributed by atoms with Crippen molar-refractivity contribution in [3.63, 3.8) is 0 Å². The van der Waals surface area contributed by atoms with Gasteiger partial charge in [-0.05, 0) is 80.3 Å². The van der Waals surface area contributed by atoms with E-state index in [9.17, 15) is 24.0 Å². The van der Waals surface area contributed by atoms with Gasteiger partial charge in [0.1, 0.15) is 30.2 Å². The molecule has 0 amide bonds. The summed E-state index contributed by atoms with van der Waals surface area (Å²) in [6.07, 6.45) is 6.70. The van der Waals surface area contributed by atoms with Gasteiger partial charge in [0.15, 0.2) is 0 Å². The molecule has 0 heterocycles. The zero-order valence-corrected chi connectivity index (χ0v) is 31.3. The van der Waals surface area contributed by atoms with Gasteiger partial charge in [-0.15, -0.1) is 0 Å². The van der Waals surface area contributed by atoms with Crippen LogP contribution in [-0.4, -0.2) is 98.7 Å². The fraction of sp³-hybridized carbons (Fsp3) is 0.583. The van der Waals surface area contributed by atoms with Gasteiger partial charge in [0, 0.05) is 0 Å². The predicted molar refractivity (Wildman–Crippen MR) is 206 cm³/mol. The maximum Gasteiger partial charge on any atom is 0.320 e. The number of nitrogens with two attached hydrogens (primary N) is 7. The van der Waals surface area contributed by atoms with Crippen molar-refractivity contribution < 1.29 is 49.5 Å². The van der Waals surface area contributed by atoms with E-state index in [2.05, 4.69) is 0 Å². The predicted octanol–water partition coefficient (Wildman–Crippen LogP) is 1.49. The van der Waals surface area contributed by atoms with Gasteiger partial charge in [0.25, 0.3) is 0 Å². The summed E-state index contributed by atoms with van der Waals surface area (Å²) in [6, 6.07) is 10.2. The van der Waals surface area contributed by atoms with Crippen LogP contribution in [0.2, 0.25) is 0 Å². The average molecular weight is 756 g/mol. The molecule has 2 aromatic carbocycles. The fourth-order valence-electron chi connectivity index (χ4n) is 3.96. The van der Waals surface area contributed by atoms with Gasteiger partial charge in [0.05, 0.1) is 0 Å². The Morgan fingerprint density at radius 3 is 1.34 bits per heavy atom. The molecule has 0 aliphatic heterocycles. The van der Waals surface area contributed by atoms with Gasteiger partial charge >= 0.3 is 29.8 Å². The molecule has 0 aliphatic rings. The number of benzene rings is 2. The largest absolute Gasteiger partial charge is 0.480 e. The van der Waals surface area contributed by atoms with E-state index in [1.54, 1.807) is 0 Å². The molecule has 5 atom stereocenters. The number of aliphatic carboxylic acids is 5. The molecule has 0 saturated carbocycles. The Balaban J connectivity index is -0.000000607. The van der Waals surface area contributed by atoms with Gasteiger partial charge in [-0.2, -0.15) is 0 Å². The van der Waals surface area contributed by atoms with Crippen molar-refractivity contribution in [1.29, 1.82) is 0 Å². The monoisotopic (exact) mass is 755 g/mol. The van der Waals surface area contributed by atoms with Gasteiger partial charge in [-0.1, -0.05) is 82.5 Å². The summed E-state index contributed by atoms with van der Waals surface area (Å²) in [5.41, 5.74) is 37.6. The summed E-state index contributed by atoms with van der Waals surface area (Å²) in [5, 5.41) is 44.1. The Hall–Kier alpha value is -4.23. The number of unbranched alkanes of at least 4 members (excludes halogenated alkanes) is 2. The van der Waals surface area contributed by atoms with E-state index in [1.807, 2.05) is 63.2 Å². The second-order valence-corrected chi connectivity index (χ2v) is 12.6. The molecular formula is C36H65N7O10. The van der Waals surface area contributed by atoms with Crippen LogP contribution in [0.25, 0.3) is 10.8 Å². The van der Waals surface area contributed by atoms with Gasteiger partial charge in [0.2, 0.25) is 0 Å². The molecule has 0 aliphatic carbocycles. The standard InChI is InChI=1S/C13H13NO2.C6H14N2O2.2C6H13NO2.C5H12N2O2/c14-12(13(15)16)8-9-5-6-10-3-1-2-4-11(10)7-9;7-4-2-1-3-5(8)6(9)10;1-4(2)3-5(7)6(8)9;1-2-3-4-5(7)6(8)9;6-3-1-2-4(7)5(8)9/h1-7,12H,8,14H2,(H,15,16);5H,1-4,7-8H2,(H,9,10);4-5H,3,7H2,1-2H3,(H,8,9);5H,2-4,7H2,1H3,(H,8,9);4H,1-3,6-7H2,(H,8,9)/t12-;3*5-;4-/m11100/s1. The average Bonchev–Trinajstić information content (AvgIpc) is 3.10. The van der Waals surface area contributed by atoms with E-state index in [1.165, 1.54) is 0 Å². The Bertz CT molecular complexity index is 1290. The van der Waals surface area contributed by atoms with E-state index >= 15 is 0 Å². The molecule has 17 nitrogen and oxygen atoms in total. The third-order valence-electron chi connectivity index (χ3n) is 7.14. The molecule has 17 heteroatoms. The minimum absolute atomic E-state index is 0.357. The first-order valence-corrected chi connectivity index (χ1v) is 17.5. The lowest BCUT2D eigenvalue weighted by Crippen LogP contribution is -2.32. The summed E-state index contributed by atoms with van der Waals surface area (Å²) in [5.74, 6) is -4.31. The van der Waals surface area contributed by atoms with E-state index in [4.69, 9.17) is 65.7 Å². The SMILES string of the molecule is CC(C)C[C@@H](N)C(=O)O.CCCC[C@H](N)C(=O)O.NCCCC[C@@H](N)C(=O)O.NCCC[C@H](N)C(=O)O.N[C@H](Cc1ccc2ccccc2c1)C(=O)O. The summed E-state index contributed by atoms with van der Waals surface area (Å²) in [7, 11) is 0. The molecule has 0 bridgehead atoms. The van der Waals surface area contributed by atoms with Gasteiger partial charge in [-0.3, -0.25) is 24.0 Å². The van der Waals surface area contributed by atoms with Crippen LogP contribution < -0.4 is 40.1 Å². The normalized spacial score (nSPS) is 13.0. The second-order valence-electron chi connectivity index (χ2n) is 12.6. The van der Waals surface area contributed by atoms with Crippen LogP contribution in [0.4, 0.5) is 0 Å². The minimum Gasteiger partial charge on any atom is -0.480 e. The lowest BCUT2D eigenvalue weighted by molar-refractivity contribution is -0.139. The third-order valence-corrected chi connectivity index (χ3v) is 7.14. The number of rotatable bonds is 19. The maximum atomic E-state index is 10.6. The van der Waals surface area contributed by atoms with Crippen molar-refractivity contribution in [1.82, 2.24) is 0 Å². The number of fused-ring (bicyclic) bond motifs is 1. The van der Waals surface area contributed by atoms with Crippen LogP contribution in [0.5, 0.6) is 0 Å². The lowest BCUT2D eigenvalue weighted by atomic mass is 10.0. The molecule has 2 rings (SSSR count). The molecule has 2 aromatic rings. The summed E-state index contributed by atoms with van der Waals surface area (Å²) >= 11 is 0. The molecule has 19 N–H and O–H groups in total. The van der Waals surface area contributed by atoms with Crippen molar-refractivity contribution in [2.75, 3.05) is 13.1 Å². The quantitative estimate of drug-likeness (QED) is 0.0903. The highest BCUT2D eigenvalue weighted by Gasteiger charge is 2.13. The highest BCUT2D eigenvalue weighted by atomic mass is 16.4. The summed E-state index contributed by atoms with van der Waals surface area (Å²) < 4.78 is 0. The zero-order chi connectivity index (χ0) is 41.5. The Morgan fingerprint density at radius 2 is 0.962 bits per heavy atom. The highest BCUT2D eigenvalue weighted by Crippen LogP contribution is 2.16. The molecule has 304 valence electrons. The first kappa shape index (κ1) is 53.1. The Morgan fingerprint density at radius 1 is 0.547 bits per heavy atom. The molecule has 0 saturated heterocycles. The van der Waals surface area contributed by atoms with E-state index in [0.717, 1.165) is 42.0 Å². The number of carboxylic acid groups (broad SMARTS) is 5. The van der Waals surface area contributed by atoms with Crippen molar-refractivity contribution >= 4 is 40.6 Å². The number of carbonyl (C=O) groups is 5. The molecule has 0 aromatic heterocycles. The molecular weight excluding hydrogens is 690 g/mol. The Kier molecular flexibility index (Phi) is 32.5. The third kappa shape index (κ3) is 31.1. The molecule has 0 unspecified atom stereocenters. The summed E-state index contributed by atoms with van der Waals surface area (Å²) in [6.45, 7) is 7.01. The first-order chi connectivity index (χ1) is 24.7. The van der Waals surface area contributed by atoms with Crippen LogP contribution >= 0.6 is 0 Å². The minimum atomic E-state index is -0.965. The second kappa shape index (κ2) is 32.4. The van der Waals surface area contributed by atoms with Crippen molar-refractivity contribution in [2.45, 2.75) is 115 Å². The van der Waals surface area contributed by atoms with Gasteiger partial charge in [-0.25, -0.2) is 0 Å². The lowest BCUT2D eigenvalue weighted by Gasteiger charge is -2.07. The van der Waals surface area contributed by atoms with Crippen molar-refractivity contribution in [3.05, 3.63) is 48.0 Å². The number of hydrogen-bond donors (Lipinski definition) is 12. The van der Waals surface area contributed by atoms with E-state index < -0.39 is 60.1 Å². The fourth-order valence-corrected chi connectivity index (χ4v) is 3.96. The highest BCUT2D eigenvalue weighted by molar-refractivity contribution is 5.83. The van der Waals surface area contributed by atoms with Crippen LogP contribution in [0.15, 0.2) is 42.5 Å². The van der Waals surface area contributed by atoms with Gasteiger partial charge < -0.3 is 65.7 Å².